The lowest BCUT2D eigenvalue weighted by atomic mass is 9.86. The third kappa shape index (κ3) is 1.67. The molecule has 0 fully saturated rings. The lowest BCUT2D eigenvalue weighted by Gasteiger charge is -2.11. The molecule has 76 valence electrons. The third-order valence-corrected chi connectivity index (χ3v) is 3.22. The van der Waals surface area contributed by atoms with Crippen LogP contribution in [0.2, 0.25) is 0 Å². The maximum absolute atomic E-state index is 2.29. The summed E-state index contributed by atoms with van der Waals surface area (Å²) in [7, 11) is 2.19. The van der Waals surface area contributed by atoms with Gasteiger partial charge < -0.3 is 0 Å². The van der Waals surface area contributed by atoms with Crippen molar-refractivity contribution in [3.8, 4) is 0 Å². The Morgan fingerprint density at radius 1 is 0.933 bits per heavy atom. The highest BCUT2D eigenvalue weighted by Gasteiger charge is 2.05. The Bertz CT molecular complexity index is 486. The second-order valence-electron chi connectivity index (χ2n) is 4.08. The van der Waals surface area contributed by atoms with Crippen LogP contribution in [0.25, 0.3) is 10.8 Å². The second kappa shape index (κ2) is 4.10. The van der Waals surface area contributed by atoms with E-state index in [4.69, 9.17) is 0 Å². The molecule has 0 saturated carbocycles. The molecule has 0 amide bonds. The van der Waals surface area contributed by atoms with Crippen molar-refractivity contribution >= 4 is 24.1 Å². The van der Waals surface area contributed by atoms with E-state index in [9.17, 15) is 0 Å². The molecule has 0 radical (unpaired) electrons. The van der Waals surface area contributed by atoms with E-state index in [1.54, 1.807) is 0 Å². The molecule has 0 atom stereocenters. The van der Waals surface area contributed by atoms with Crippen LogP contribution >= 0.6 is 0 Å². The summed E-state index contributed by atoms with van der Waals surface area (Å²) in [6.07, 6.45) is 2.26. The van der Waals surface area contributed by atoms with Crippen molar-refractivity contribution in [1.29, 1.82) is 0 Å². The maximum Gasteiger partial charge on any atom is 0.140 e. The number of benzene rings is 2. The normalized spacial score (nSPS) is 10.8. The standard InChI is InChI=1S/C14H17B/c1-3-10-8-9-13-12(11(10)4-2)6-5-7-14(13)15/h5-9H,3-4,15H2,1-2H3. The van der Waals surface area contributed by atoms with Gasteiger partial charge in [0.2, 0.25) is 0 Å². The van der Waals surface area contributed by atoms with E-state index in [0.717, 1.165) is 12.8 Å². The van der Waals surface area contributed by atoms with Gasteiger partial charge in [-0.05, 0) is 34.7 Å². The van der Waals surface area contributed by atoms with Crippen molar-refractivity contribution in [2.45, 2.75) is 26.7 Å². The zero-order chi connectivity index (χ0) is 10.8. The summed E-state index contributed by atoms with van der Waals surface area (Å²) in [6, 6.07) is 11.2. The van der Waals surface area contributed by atoms with E-state index < -0.39 is 0 Å². The van der Waals surface area contributed by atoms with Gasteiger partial charge in [0, 0.05) is 0 Å². The summed E-state index contributed by atoms with van der Waals surface area (Å²) in [5, 5.41) is 2.85. The van der Waals surface area contributed by atoms with E-state index >= 15 is 0 Å². The smallest absolute Gasteiger partial charge is 0.0813 e. The predicted octanol–water partition coefficient (Wildman–Crippen LogP) is 2.22. The Hall–Kier alpha value is -1.24. The summed E-state index contributed by atoms with van der Waals surface area (Å²) in [6.45, 7) is 4.48. The summed E-state index contributed by atoms with van der Waals surface area (Å²) >= 11 is 0. The SMILES string of the molecule is Bc1cccc2c(CC)c(CC)ccc12. The monoisotopic (exact) mass is 196 g/mol. The van der Waals surface area contributed by atoms with Gasteiger partial charge in [-0.25, -0.2) is 0 Å². The molecular weight excluding hydrogens is 179 g/mol. The van der Waals surface area contributed by atoms with Gasteiger partial charge in [-0.15, -0.1) is 0 Å². The Labute approximate surface area is 92.7 Å². The van der Waals surface area contributed by atoms with Gasteiger partial charge in [0.15, 0.2) is 0 Å². The van der Waals surface area contributed by atoms with Crippen LogP contribution in [0.15, 0.2) is 30.3 Å². The number of hydrogen-bond donors (Lipinski definition) is 0. The fourth-order valence-corrected chi connectivity index (χ4v) is 2.37. The van der Waals surface area contributed by atoms with Crippen molar-refractivity contribution in [3.63, 3.8) is 0 Å². The van der Waals surface area contributed by atoms with E-state index in [1.165, 1.54) is 27.4 Å². The summed E-state index contributed by atoms with van der Waals surface area (Å²) in [5.41, 5.74) is 4.40. The molecule has 0 bridgehead atoms. The van der Waals surface area contributed by atoms with Crippen molar-refractivity contribution in [2.24, 2.45) is 0 Å². The minimum atomic E-state index is 1.13. The van der Waals surface area contributed by atoms with Crippen LogP contribution in [0.1, 0.15) is 25.0 Å². The molecular formula is C14H17B. The van der Waals surface area contributed by atoms with E-state index in [2.05, 4.69) is 52.0 Å². The third-order valence-electron chi connectivity index (χ3n) is 3.22. The van der Waals surface area contributed by atoms with Gasteiger partial charge in [-0.3, -0.25) is 0 Å². The Kier molecular flexibility index (Phi) is 2.81. The lowest BCUT2D eigenvalue weighted by Crippen LogP contribution is -2.05. The van der Waals surface area contributed by atoms with Gasteiger partial charge in [0.1, 0.15) is 7.85 Å². The zero-order valence-electron chi connectivity index (χ0n) is 9.80. The highest BCUT2D eigenvalue weighted by Crippen LogP contribution is 2.22. The minimum Gasteiger partial charge on any atom is -0.0813 e. The summed E-state index contributed by atoms with van der Waals surface area (Å²) in [5.74, 6) is 0. The molecule has 0 nitrogen and oxygen atoms in total. The fraction of sp³-hybridized carbons (Fsp3) is 0.286. The van der Waals surface area contributed by atoms with Crippen molar-refractivity contribution in [1.82, 2.24) is 0 Å². The van der Waals surface area contributed by atoms with Gasteiger partial charge in [0.25, 0.3) is 0 Å². The van der Waals surface area contributed by atoms with Gasteiger partial charge in [0.05, 0.1) is 0 Å². The van der Waals surface area contributed by atoms with E-state index in [-0.39, 0.29) is 0 Å². The predicted molar refractivity (Wildman–Crippen MR) is 70.9 cm³/mol. The first-order chi connectivity index (χ1) is 7.27. The molecule has 1 heteroatoms. The van der Waals surface area contributed by atoms with Crippen LogP contribution in [-0.4, -0.2) is 7.85 Å². The number of hydrogen-bond acceptors (Lipinski definition) is 0. The largest absolute Gasteiger partial charge is 0.140 e. The van der Waals surface area contributed by atoms with Crippen LogP contribution in [0.4, 0.5) is 0 Å². The topological polar surface area (TPSA) is 0 Å². The highest BCUT2D eigenvalue weighted by atomic mass is 14.1. The molecule has 2 aromatic carbocycles. The van der Waals surface area contributed by atoms with Crippen molar-refractivity contribution < 1.29 is 0 Å². The zero-order valence-corrected chi connectivity index (χ0v) is 9.80. The molecule has 0 heterocycles. The minimum absolute atomic E-state index is 1.13. The molecule has 0 aromatic heterocycles. The first-order valence-electron chi connectivity index (χ1n) is 5.78. The molecule has 2 rings (SSSR count). The molecule has 2 aromatic rings. The Balaban J connectivity index is 2.82. The number of fused-ring (bicyclic) bond motifs is 1. The molecule has 0 unspecified atom stereocenters. The van der Waals surface area contributed by atoms with Crippen LogP contribution in [0.3, 0.4) is 0 Å². The summed E-state index contributed by atoms with van der Waals surface area (Å²) in [4.78, 5) is 0. The number of rotatable bonds is 2. The van der Waals surface area contributed by atoms with Crippen molar-refractivity contribution in [2.75, 3.05) is 0 Å². The average molecular weight is 196 g/mol. The van der Waals surface area contributed by atoms with E-state index in [1.807, 2.05) is 0 Å². The Morgan fingerprint density at radius 3 is 2.40 bits per heavy atom. The molecule has 0 spiro atoms. The van der Waals surface area contributed by atoms with Gasteiger partial charge in [-0.1, -0.05) is 49.6 Å². The lowest BCUT2D eigenvalue weighted by molar-refractivity contribution is 1.05. The van der Waals surface area contributed by atoms with Crippen LogP contribution < -0.4 is 5.46 Å². The van der Waals surface area contributed by atoms with Crippen LogP contribution in [-0.2, 0) is 12.8 Å². The number of aryl methyl sites for hydroxylation is 2. The van der Waals surface area contributed by atoms with Crippen molar-refractivity contribution in [3.05, 3.63) is 41.5 Å². The highest BCUT2D eigenvalue weighted by molar-refractivity contribution is 6.38. The maximum atomic E-state index is 2.29. The Morgan fingerprint density at radius 2 is 1.73 bits per heavy atom. The summed E-state index contributed by atoms with van der Waals surface area (Å²) < 4.78 is 0. The molecule has 0 N–H and O–H groups in total. The van der Waals surface area contributed by atoms with Gasteiger partial charge >= 0.3 is 0 Å². The molecule has 0 saturated heterocycles. The molecule has 0 aliphatic heterocycles. The van der Waals surface area contributed by atoms with E-state index in [0.29, 0.717) is 0 Å². The molecule has 15 heavy (non-hydrogen) atoms. The first kappa shape index (κ1) is 10.3. The van der Waals surface area contributed by atoms with Crippen LogP contribution in [0.5, 0.6) is 0 Å². The molecule has 0 aliphatic rings. The molecule has 0 aliphatic carbocycles. The first-order valence-corrected chi connectivity index (χ1v) is 5.78. The average Bonchev–Trinajstić information content (AvgIpc) is 2.28. The quantitative estimate of drug-likeness (QED) is 0.646. The fourth-order valence-electron chi connectivity index (χ4n) is 2.37. The van der Waals surface area contributed by atoms with Gasteiger partial charge in [-0.2, -0.15) is 0 Å². The van der Waals surface area contributed by atoms with Crippen LogP contribution in [0, 0.1) is 0 Å². The second-order valence-corrected chi connectivity index (χ2v) is 4.08.